The minimum Gasteiger partial charge on any atom is -0.375 e. The van der Waals surface area contributed by atoms with Gasteiger partial charge in [0.15, 0.2) is 0 Å². The highest BCUT2D eigenvalue weighted by Gasteiger charge is 2.31. The summed E-state index contributed by atoms with van der Waals surface area (Å²) in [5.74, 6) is 0.487. The molecule has 0 unspecified atom stereocenters. The van der Waals surface area contributed by atoms with E-state index in [0.29, 0.717) is 11.5 Å². The quantitative estimate of drug-likeness (QED) is 0.864. The van der Waals surface area contributed by atoms with Gasteiger partial charge in [-0.2, -0.15) is 13.2 Å². The third-order valence-electron chi connectivity index (χ3n) is 2.13. The summed E-state index contributed by atoms with van der Waals surface area (Å²) in [6.07, 6.45) is -2.25. The van der Waals surface area contributed by atoms with Gasteiger partial charge in [-0.25, -0.2) is 0 Å². The van der Waals surface area contributed by atoms with Crippen molar-refractivity contribution in [3.63, 3.8) is 0 Å². The Morgan fingerprint density at radius 2 is 2.06 bits per heavy atom. The molecule has 0 saturated heterocycles. The van der Waals surface area contributed by atoms with Crippen LogP contribution in [0.1, 0.15) is 5.56 Å². The number of halogens is 3. The molecular formula is C10H12F3N3. The molecule has 0 fully saturated rings. The zero-order chi connectivity index (χ0) is 12.3. The number of rotatable bonds is 3. The van der Waals surface area contributed by atoms with Gasteiger partial charge < -0.3 is 10.2 Å². The average molecular weight is 231 g/mol. The van der Waals surface area contributed by atoms with E-state index in [4.69, 9.17) is 0 Å². The second-order valence-electron chi connectivity index (χ2n) is 3.19. The molecule has 0 spiro atoms. The molecule has 1 aromatic rings. The first-order valence-corrected chi connectivity index (χ1v) is 4.49. The molecule has 6 heteroatoms. The summed E-state index contributed by atoms with van der Waals surface area (Å²) in [5.41, 5.74) is -0.449. The Labute approximate surface area is 91.6 Å². The zero-order valence-electron chi connectivity index (χ0n) is 8.97. The molecule has 0 amide bonds. The fourth-order valence-corrected chi connectivity index (χ4v) is 1.09. The summed E-state index contributed by atoms with van der Waals surface area (Å²) < 4.78 is 37.3. The van der Waals surface area contributed by atoms with Crippen LogP contribution in [0.25, 0.3) is 0 Å². The smallest absolute Gasteiger partial charge is 0.375 e. The highest BCUT2D eigenvalue weighted by Crippen LogP contribution is 2.30. The summed E-state index contributed by atoms with van der Waals surface area (Å²) in [6.45, 7) is 3.65. The van der Waals surface area contributed by atoms with Crippen LogP contribution >= 0.6 is 0 Å². The van der Waals surface area contributed by atoms with E-state index in [1.807, 2.05) is 0 Å². The van der Waals surface area contributed by atoms with Crippen LogP contribution in [-0.4, -0.2) is 19.1 Å². The third-order valence-corrected chi connectivity index (χ3v) is 2.13. The number of hydrogen-bond donors (Lipinski definition) is 1. The maximum Gasteiger partial charge on any atom is 0.417 e. The van der Waals surface area contributed by atoms with Crippen LogP contribution < -0.4 is 10.2 Å². The van der Waals surface area contributed by atoms with Crippen LogP contribution in [0.15, 0.2) is 30.9 Å². The fourth-order valence-electron chi connectivity index (χ4n) is 1.09. The molecule has 0 radical (unpaired) electrons. The van der Waals surface area contributed by atoms with Crippen molar-refractivity contribution in [1.29, 1.82) is 0 Å². The monoisotopic (exact) mass is 231 g/mol. The van der Waals surface area contributed by atoms with E-state index in [1.165, 1.54) is 11.1 Å². The van der Waals surface area contributed by atoms with Crippen molar-refractivity contribution < 1.29 is 13.2 Å². The Morgan fingerprint density at radius 1 is 1.44 bits per heavy atom. The standard InChI is InChI=1S/C10H12F3N3/c1-7(14-2)16(3)9-4-8(5-15-6-9)10(11,12)13/h4-6,14H,1H2,2-3H3. The molecule has 0 bridgehead atoms. The SMILES string of the molecule is C=C(NC)N(C)c1cncc(C(F)(F)F)c1. The number of alkyl halides is 3. The maximum atomic E-state index is 12.4. The second kappa shape index (κ2) is 4.42. The molecule has 1 N–H and O–H groups in total. The summed E-state index contributed by atoms with van der Waals surface area (Å²) in [5, 5.41) is 2.74. The van der Waals surface area contributed by atoms with Crippen LogP contribution in [0, 0.1) is 0 Å². The number of nitrogens with one attached hydrogen (secondary N) is 1. The van der Waals surface area contributed by atoms with Gasteiger partial charge in [0, 0.05) is 20.3 Å². The normalized spacial score (nSPS) is 11.1. The Bertz CT molecular complexity index is 387. The first kappa shape index (κ1) is 12.4. The Kier molecular flexibility index (Phi) is 3.41. The van der Waals surface area contributed by atoms with Crippen LogP contribution in [0.5, 0.6) is 0 Å². The fraction of sp³-hybridized carbons (Fsp3) is 0.300. The first-order chi connectivity index (χ1) is 7.36. The van der Waals surface area contributed by atoms with Gasteiger partial charge in [-0.3, -0.25) is 4.98 Å². The molecule has 1 rings (SSSR count). The van der Waals surface area contributed by atoms with Crippen LogP contribution in [0.2, 0.25) is 0 Å². The summed E-state index contributed by atoms with van der Waals surface area (Å²) >= 11 is 0. The van der Waals surface area contributed by atoms with E-state index in [2.05, 4.69) is 16.9 Å². The largest absolute Gasteiger partial charge is 0.417 e. The number of nitrogens with zero attached hydrogens (tertiary/aromatic N) is 2. The summed E-state index contributed by atoms with van der Waals surface area (Å²) in [6, 6.07) is 1.02. The molecule has 0 aromatic carbocycles. The minimum atomic E-state index is -4.38. The highest BCUT2D eigenvalue weighted by atomic mass is 19.4. The third kappa shape index (κ3) is 2.65. The molecule has 3 nitrogen and oxygen atoms in total. The second-order valence-corrected chi connectivity index (χ2v) is 3.19. The van der Waals surface area contributed by atoms with E-state index >= 15 is 0 Å². The van der Waals surface area contributed by atoms with Crippen molar-refractivity contribution >= 4 is 5.69 Å². The van der Waals surface area contributed by atoms with Crippen molar-refractivity contribution in [3.05, 3.63) is 36.4 Å². The predicted molar refractivity (Wildman–Crippen MR) is 55.8 cm³/mol. The van der Waals surface area contributed by atoms with E-state index in [-0.39, 0.29) is 0 Å². The number of pyridine rings is 1. The van der Waals surface area contributed by atoms with Gasteiger partial charge in [0.2, 0.25) is 0 Å². The van der Waals surface area contributed by atoms with Gasteiger partial charge >= 0.3 is 6.18 Å². The lowest BCUT2D eigenvalue weighted by Crippen LogP contribution is -2.25. The Hall–Kier alpha value is -1.72. The molecule has 0 aliphatic heterocycles. The first-order valence-electron chi connectivity index (χ1n) is 4.49. The highest BCUT2D eigenvalue weighted by molar-refractivity contribution is 5.50. The Morgan fingerprint density at radius 3 is 2.56 bits per heavy atom. The van der Waals surface area contributed by atoms with Crippen molar-refractivity contribution in [2.45, 2.75) is 6.18 Å². The van der Waals surface area contributed by atoms with Crippen LogP contribution in [0.3, 0.4) is 0 Å². The molecule has 0 aliphatic rings. The molecule has 16 heavy (non-hydrogen) atoms. The van der Waals surface area contributed by atoms with Crippen molar-refractivity contribution in [3.8, 4) is 0 Å². The summed E-state index contributed by atoms with van der Waals surface area (Å²) in [7, 11) is 3.25. The topological polar surface area (TPSA) is 28.2 Å². The number of anilines is 1. The average Bonchev–Trinajstić information content (AvgIpc) is 2.26. The van der Waals surface area contributed by atoms with Gasteiger partial charge in [-0.1, -0.05) is 6.58 Å². The zero-order valence-corrected chi connectivity index (χ0v) is 8.97. The van der Waals surface area contributed by atoms with E-state index in [0.717, 1.165) is 12.3 Å². The molecule has 88 valence electrons. The van der Waals surface area contributed by atoms with Crippen LogP contribution in [0.4, 0.5) is 18.9 Å². The maximum absolute atomic E-state index is 12.4. The molecule has 0 atom stereocenters. The van der Waals surface area contributed by atoms with E-state index in [1.54, 1.807) is 14.1 Å². The van der Waals surface area contributed by atoms with Gasteiger partial charge in [-0.05, 0) is 6.07 Å². The van der Waals surface area contributed by atoms with Crippen molar-refractivity contribution in [2.24, 2.45) is 0 Å². The van der Waals surface area contributed by atoms with Crippen molar-refractivity contribution in [2.75, 3.05) is 19.0 Å². The van der Waals surface area contributed by atoms with E-state index < -0.39 is 11.7 Å². The van der Waals surface area contributed by atoms with Gasteiger partial charge in [0.1, 0.15) is 0 Å². The minimum absolute atomic E-state index is 0.328. The molecular weight excluding hydrogens is 219 g/mol. The predicted octanol–water partition coefficient (Wildman–Crippen LogP) is 2.23. The number of aromatic nitrogens is 1. The molecule has 0 saturated carbocycles. The van der Waals surface area contributed by atoms with E-state index in [9.17, 15) is 13.2 Å². The lowest BCUT2D eigenvalue weighted by atomic mass is 10.2. The Balaban J connectivity index is 3.04. The molecule has 1 heterocycles. The van der Waals surface area contributed by atoms with Gasteiger partial charge in [0.25, 0.3) is 0 Å². The lowest BCUT2D eigenvalue weighted by molar-refractivity contribution is -0.137. The molecule has 1 aromatic heterocycles. The lowest BCUT2D eigenvalue weighted by Gasteiger charge is -2.21. The summed E-state index contributed by atoms with van der Waals surface area (Å²) in [4.78, 5) is 5.05. The molecule has 0 aliphatic carbocycles. The van der Waals surface area contributed by atoms with Gasteiger partial charge in [0.05, 0.1) is 23.3 Å². The van der Waals surface area contributed by atoms with Gasteiger partial charge in [-0.15, -0.1) is 0 Å². The number of hydrogen-bond acceptors (Lipinski definition) is 3. The van der Waals surface area contributed by atoms with Crippen molar-refractivity contribution in [1.82, 2.24) is 10.3 Å². The van der Waals surface area contributed by atoms with Crippen LogP contribution in [-0.2, 0) is 6.18 Å².